The first-order valence-electron chi connectivity index (χ1n) is 31.2. The second-order valence-corrected chi connectivity index (χ2v) is 24.2. The first-order valence-corrected chi connectivity index (χ1v) is 32.7. The van der Waals surface area contributed by atoms with E-state index in [0.717, 1.165) is 38.5 Å². The van der Waals surface area contributed by atoms with Crippen LogP contribution >= 0.6 is 7.82 Å². The van der Waals surface area contributed by atoms with Gasteiger partial charge in [-0.3, -0.25) is 13.8 Å². The maximum absolute atomic E-state index is 13.0. The van der Waals surface area contributed by atoms with Crippen LogP contribution in [0.1, 0.15) is 316 Å². The molecule has 0 aromatic rings. The van der Waals surface area contributed by atoms with Gasteiger partial charge in [0.15, 0.2) is 0 Å². The first-order chi connectivity index (χ1) is 34.5. The van der Waals surface area contributed by atoms with E-state index >= 15 is 0 Å². The molecule has 3 N–H and O–H groups in total. The van der Waals surface area contributed by atoms with E-state index in [4.69, 9.17) is 9.05 Å². The third kappa shape index (κ3) is 56.5. The summed E-state index contributed by atoms with van der Waals surface area (Å²) in [7, 11) is 1.57. The van der Waals surface area contributed by atoms with Crippen molar-refractivity contribution in [2.24, 2.45) is 0 Å². The molecule has 0 aliphatic heterocycles. The number of quaternary nitrogens is 1. The molecule has 0 radical (unpaired) electrons. The first kappa shape index (κ1) is 70.0. The quantitative estimate of drug-likeness (QED) is 0.0243. The number of nitrogens with one attached hydrogen (secondary N) is 1. The highest BCUT2D eigenvalue weighted by Gasteiger charge is 2.27. The van der Waals surface area contributed by atoms with E-state index in [1.54, 1.807) is 6.08 Å². The van der Waals surface area contributed by atoms with Crippen LogP contribution < -0.4 is 5.32 Å². The molecule has 0 rings (SSSR count). The molecule has 0 aliphatic carbocycles. The summed E-state index contributed by atoms with van der Waals surface area (Å²) in [6, 6.07) is -0.860. The fourth-order valence-corrected chi connectivity index (χ4v) is 10.3. The number of aliphatic hydroxyl groups excluding tert-OH is 1. The van der Waals surface area contributed by atoms with Crippen LogP contribution in [0.15, 0.2) is 24.3 Å². The molecule has 8 nitrogen and oxygen atoms in total. The molecule has 0 aliphatic rings. The summed E-state index contributed by atoms with van der Waals surface area (Å²) in [6.45, 7) is 4.85. The van der Waals surface area contributed by atoms with Crippen molar-refractivity contribution in [3.8, 4) is 0 Å². The van der Waals surface area contributed by atoms with Crippen molar-refractivity contribution in [2.75, 3.05) is 40.9 Å². The Morgan fingerprint density at radius 1 is 0.465 bits per heavy atom. The number of aliphatic hydroxyl groups is 1. The van der Waals surface area contributed by atoms with Gasteiger partial charge in [-0.2, -0.15) is 0 Å². The Kier molecular flexibility index (Phi) is 53.0. The van der Waals surface area contributed by atoms with Crippen LogP contribution in [0.25, 0.3) is 0 Å². The molecule has 422 valence electrons. The average Bonchev–Trinajstić information content (AvgIpc) is 3.33. The Labute approximate surface area is 443 Å². The molecule has 0 spiro atoms. The van der Waals surface area contributed by atoms with Gasteiger partial charge in [0, 0.05) is 6.42 Å². The monoisotopic (exact) mass is 1020 g/mol. The predicted molar refractivity (Wildman–Crippen MR) is 309 cm³/mol. The fraction of sp³-hybridized carbons (Fsp3) is 0.919. The van der Waals surface area contributed by atoms with Crippen molar-refractivity contribution in [2.45, 2.75) is 328 Å². The molecule has 0 fully saturated rings. The van der Waals surface area contributed by atoms with Gasteiger partial charge in [0.05, 0.1) is 39.9 Å². The average molecular weight is 1020 g/mol. The molecule has 0 aromatic heterocycles. The van der Waals surface area contributed by atoms with Gasteiger partial charge in [-0.25, -0.2) is 4.57 Å². The van der Waals surface area contributed by atoms with Crippen LogP contribution in [0.4, 0.5) is 0 Å². The standard InChI is InChI=1S/C62H123N2O6P/c1-6-8-10-12-14-16-18-20-22-24-26-27-28-29-30-31-32-33-34-35-36-38-40-42-44-46-48-50-52-54-56-62(66)63-60(59-70-71(67,68)69-58-57-64(3,4)5)61(65)55-53-51-49-47-45-43-41-39-37-25-23-21-19-17-15-13-11-9-7-2/h45,47,53,55,60-61,65H,6-44,46,48-52,54,56-59H2,1-5H3,(H-,63,66,67,68)/p+1/b47-45+,55-53+. The van der Waals surface area contributed by atoms with Crippen molar-refractivity contribution in [1.82, 2.24) is 5.32 Å². The third-order valence-electron chi connectivity index (χ3n) is 14.4. The Morgan fingerprint density at radius 3 is 1.13 bits per heavy atom. The summed E-state index contributed by atoms with van der Waals surface area (Å²) in [5.74, 6) is -0.180. The molecule has 0 saturated heterocycles. The van der Waals surface area contributed by atoms with E-state index in [9.17, 15) is 19.4 Å². The van der Waals surface area contributed by atoms with Gasteiger partial charge in [-0.1, -0.05) is 301 Å². The molecular formula is C62H124N2O6P+. The highest BCUT2D eigenvalue weighted by molar-refractivity contribution is 7.47. The van der Waals surface area contributed by atoms with Gasteiger partial charge < -0.3 is 19.8 Å². The molecule has 3 atom stereocenters. The van der Waals surface area contributed by atoms with Crippen molar-refractivity contribution >= 4 is 13.7 Å². The summed E-state index contributed by atoms with van der Waals surface area (Å²) in [6.07, 6.45) is 68.8. The van der Waals surface area contributed by atoms with E-state index in [1.807, 2.05) is 27.2 Å². The number of phosphoric acid groups is 1. The van der Waals surface area contributed by atoms with Crippen molar-refractivity contribution in [3.05, 3.63) is 24.3 Å². The summed E-state index contributed by atoms with van der Waals surface area (Å²) in [5.41, 5.74) is 0. The van der Waals surface area contributed by atoms with Crippen LogP contribution in [-0.2, 0) is 18.4 Å². The number of phosphoric ester groups is 1. The van der Waals surface area contributed by atoms with Crippen LogP contribution in [0.5, 0.6) is 0 Å². The number of amides is 1. The van der Waals surface area contributed by atoms with Crippen LogP contribution in [-0.4, -0.2) is 73.4 Å². The number of allylic oxidation sites excluding steroid dienone is 3. The summed E-state index contributed by atoms with van der Waals surface area (Å²) in [4.78, 5) is 23.3. The number of hydrogen-bond donors (Lipinski definition) is 3. The molecule has 9 heteroatoms. The van der Waals surface area contributed by atoms with E-state index in [2.05, 4.69) is 31.3 Å². The normalized spacial score (nSPS) is 14.0. The summed E-state index contributed by atoms with van der Waals surface area (Å²) < 4.78 is 23.7. The van der Waals surface area contributed by atoms with Crippen LogP contribution in [0.3, 0.4) is 0 Å². The van der Waals surface area contributed by atoms with Gasteiger partial charge >= 0.3 is 7.82 Å². The van der Waals surface area contributed by atoms with E-state index < -0.39 is 20.0 Å². The smallest absolute Gasteiger partial charge is 0.387 e. The zero-order chi connectivity index (χ0) is 52.0. The number of likely N-dealkylation sites (N-methyl/N-ethyl adjacent to an activating group) is 1. The van der Waals surface area contributed by atoms with E-state index in [0.29, 0.717) is 17.4 Å². The second-order valence-electron chi connectivity index (χ2n) is 22.8. The lowest BCUT2D eigenvalue weighted by Crippen LogP contribution is -2.45. The summed E-state index contributed by atoms with van der Waals surface area (Å²) >= 11 is 0. The highest BCUT2D eigenvalue weighted by atomic mass is 31.2. The number of carbonyl (C=O) groups excluding carboxylic acids is 1. The number of nitrogens with zero attached hydrogens (tertiary/aromatic N) is 1. The lowest BCUT2D eigenvalue weighted by Gasteiger charge is -2.25. The van der Waals surface area contributed by atoms with Crippen molar-refractivity contribution < 1.29 is 32.9 Å². The number of unbranched alkanes of at least 4 members (excludes halogenated alkanes) is 43. The zero-order valence-corrected chi connectivity index (χ0v) is 49.1. The van der Waals surface area contributed by atoms with Gasteiger partial charge in [0.2, 0.25) is 5.91 Å². The third-order valence-corrected chi connectivity index (χ3v) is 15.4. The minimum atomic E-state index is -4.35. The molecule has 0 bridgehead atoms. The minimum Gasteiger partial charge on any atom is -0.387 e. The molecule has 0 heterocycles. The fourth-order valence-electron chi connectivity index (χ4n) is 9.53. The second kappa shape index (κ2) is 53.8. The number of rotatable bonds is 58. The predicted octanol–water partition coefficient (Wildman–Crippen LogP) is 19.2. The van der Waals surface area contributed by atoms with Gasteiger partial charge in [-0.15, -0.1) is 0 Å². The Hall–Kier alpha value is -1.02. The largest absolute Gasteiger partial charge is 0.472 e. The minimum absolute atomic E-state index is 0.0588. The maximum atomic E-state index is 13.0. The lowest BCUT2D eigenvalue weighted by atomic mass is 10.0. The molecule has 3 unspecified atom stereocenters. The van der Waals surface area contributed by atoms with Crippen LogP contribution in [0.2, 0.25) is 0 Å². The zero-order valence-electron chi connectivity index (χ0n) is 48.2. The lowest BCUT2D eigenvalue weighted by molar-refractivity contribution is -0.870. The van der Waals surface area contributed by atoms with Gasteiger partial charge in [-0.05, 0) is 32.1 Å². The maximum Gasteiger partial charge on any atom is 0.472 e. The Balaban J connectivity index is 4.09. The van der Waals surface area contributed by atoms with E-state index in [-0.39, 0.29) is 19.1 Å². The SMILES string of the molecule is CCCCCCCCCCCCCCC/C=C/CC/C=C/C(O)C(COP(=O)(O)OCC[N+](C)(C)C)NC(=O)CCCCCCCCCCCCCCCCCCCCCCCCCCCCCCCC. The van der Waals surface area contributed by atoms with Gasteiger partial charge in [0.25, 0.3) is 0 Å². The van der Waals surface area contributed by atoms with Crippen molar-refractivity contribution in [1.29, 1.82) is 0 Å². The van der Waals surface area contributed by atoms with Crippen molar-refractivity contribution in [3.63, 3.8) is 0 Å². The van der Waals surface area contributed by atoms with Gasteiger partial charge in [0.1, 0.15) is 13.2 Å². The highest BCUT2D eigenvalue weighted by Crippen LogP contribution is 2.43. The number of hydrogen-bond acceptors (Lipinski definition) is 5. The molecular weight excluding hydrogens is 900 g/mol. The molecule has 1 amide bonds. The summed E-state index contributed by atoms with van der Waals surface area (Å²) in [5, 5.41) is 13.9. The number of carbonyl (C=O) groups is 1. The topological polar surface area (TPSA) is 105 Å². The molecule has 71 heavy (non-hydrogen) atoms. The molecule has 0 aromatic carbocycles. The Morgan fingerprint density at radius 2 is 0.775 bits per heavy atom. The molecule has 0 saturated carbocycles. The van der Waals surface area contributed by atoms with Crippen LogP contribution in [0, 0.1) is 0 Å². The van der Waals surface area contributed by atoms with E-state index in [1.165, 1.54) is 257 Å². The Bertz CT molecular complexity index is 1210.